The van der Waals surface area contributed by atoms with Crippen molar-refractivity contribution in [1.29, 1.82) is 0 Å². The van der Waals surface area contributed by atoms with Crippen LogP contribution in [0.5, 0.6) is 0 Å². The van der Waals surface area contributed by atoms with Gasteiger partial charge in [-0.3, -0.25) is 0 Å². The fourth-order valence-corrected chi connectivity index (χ4v) is 3.55. The highest BCUT2D eigenvalue weighted by atomic mass is 79.9. The topological polar surface area (TPSA) is 0 Å². The van der Waals surface area contributed by atoms with Gasteiger partial charge in [0.25, 0.3) is 0 Å². The minimum atomic E-state index is -4.31. The number of hydrogen-bond donors (Lipinski definition) is 0. The van der Waals surface area contributed by atoms with Crippen molar-refractivity contribution < 1.29 is 13.2 Å². The van der Waals surface area contributed by atoms with Gasteiger partial charge in [-0.15, -0.1) is 0 Å². The number of alkyl halides is 3. The van der Waals surface area contributed by atoms with Crippen LogP contribution in [0.15, 0.2) is 46.5 Å². The summed E-state index contributed by atoms with van der Waals surface area (Å²) in [7, 11) is 0. The Morgan fingerprint density at radius 1 is 1.32 bits per heavy atom. The van der Waals surface area contributed by atoms with Crippen LogP contribution in [-0.4, -0.2) is 0 Å². The van der Waals surface area contributed by atoms with Gasteiger partial charge in [0.05, 0.1) is 5.56 Å². The Hall–Kier alpha value is -1.03. The number of benzene rings is 1. The van der Waals surface area contributed by atoms with Gasteiger partial charge in [0, 0.05) is 4.47 Å². The van der Waals surface area contributed by atoms with Crippen molar-refractivity contribution in [3.8, 4) is 0 Å². The Morgan fingerprint density at radius 2 is 2.00 bits per heavy atom. The zero-order valence-electron chi connectivity index (χ0n) is 12.9. The van der Waals surface area contributed by atoms with Crippen molar-refractivity contribution in [3.05, 3.63) is 57.6 Å². The van der Waals surface area contributed by atoms with E-state index in [2.05, 4.69) is 42.4 Å². The molecule has 1 aromatic rings. The van der Waals surface area contributed by atoms with E-state index >= 15 is 0 Å². The van der Waals surface area contributed by atoms with Gasteiger partial charge in [0.1, 0.15) is 0 Å². The smallest absolute Gasteiger partial charge is 0.166 e. The summed E-state index contributed by atoms with van der Waals surface area (Å²) in [6, 6.07) is 3.83. The molecule has 0 unspecified atom stereocenters. The number of allylic oxidation sites excluding steroid dienone is 3. The highest BCUT2D eigenvalue weighted by Gasteiger charge is 2.31. The van der Waals surface area contributed by atoms with Gasteiger partial charge in [0.15, 0.2) is 0 Å². The first-order valence-corrected chi connectivity index (χ1v) is 8.15. The van der Waals surface area contributed by atoms with Crippen LogP contribution in [0.3, 0.4) is 0 Å². The third kappa shape index (κ3) is 3.83. The molecule has 4 heteroatoms. The van der Waals surface area contributed by atoms with Gasteiger partial charge in [-0.25, -0.2) is 0 Å². The predicted octanol–water partition coefficient (Wildman–Crippen LogP) is 6.70. The zero-order valence-corrected chi connectivity index (χ0v) is 14.4. The summed E-state index contributed by atoms with van der Waals surface area (Å²) in [6.07, 6.45) is 1.69. The molecule has 0 aromatic heterocycles. The summed E-state index contributed by atoms with van der Waals surface area (Å²) in [4.78, 5) is 0. The van der Waals surface area contributed by atoms with E-state index in [1.165, 1.54) is 5.57 Å². The van der Waals surface area contributed by atoms with Crippen LogP contribution < -0.4 is 0 Å². The van der Waals surface area contributed by atoms with Crippen molar-refractivity contribution in [2.24, 2.45) is 5.41 Å². The zero-order chi connectivity index (χ0) is 16.5. The lowest BCUT2D eigenvalue weighted by atomic mass is 9.71. The van der Waals surface area contributed by atoms with E-state index in [9.17, 15) is 13.2 Å². The minimum Gasteiger partial charge on any atom is -0.166 e. The van der Waals surface area contributed by atoms with Crippen molar-refractivity contribution in [3.63, 3.8) is 0 Å². The Bertz CT molecular complexity index is 609. The molecule has 1 aliphatic rings. The van der Waals surface area contributed by atoms with Crippen LogP contribution >= 0.6 is 15.9 Å². The van der Waals surface area contributed by atoms with E-state index in [4.69, 9.17) is 0 Å². The summed E-state index contributed by atoms with van der Waals surface area (Å²) >= 11 is 3.26. The number of halogens is 4. The summed E-state index contributed by atoms with van der Waals surface area (Å²) in [5.74, 6) is 0. The average molecular weight is 373 g/mol. The van der Waals surface area contributed by atoms with Crippen LogP contribution in [0.1, 0.15) is 44.2 Å². The lowest BCUT2D eigenvalue weighted by molar-refractivity contribution is -0.137. The fraction of sp³-hybridized carbons (Fsp3) is 0.444. The average Bonchev–Trinajstić information content (AvgIpc) is 2.37. The maximum absolute atomic E-state index is 12.7. The van der Waals surface area contributed by atoms with Crippen molar-refractivity contribution in [2.75, 3.05) is 0 Å². The lowest BCUT2D eigenvalue weighted by Gasteiger charge is -2.34. The molecular formula is C18H20BrF3. The van der Waals surface area contributed by atoms with Gasteiger partial charge in [-0.1, -0.05) is 54.1 Å². The number of hydrogen-bond acceptors (Lipinski definition) is 0. The molecule has 0 aliphatic heterocycles. The molecule has 1 aromatic carbocycles. The lowest BCUT2D eigenvalue weighted by Crippen LogP contribution is -2.21. The van der Waals surface area contributed by atoms with Gasteiger partial charge >= 0.3 is 6.18 Å². The molecule has 0 saturated heterocycles. The van der Waals surface area contributed by atoms with Gasteiger partial charge in [0.2, 0.25) is 0 Å². The van der Waals surface area contributed by atoms with Crippen LogP contribution in [0.25, 0.3) is 0 Å². The van der Waals surface area contributed by atoms with E-state index < -0.39 is 11.7 Å². The molecule has 0 N–H and O–H groups in total. The Labute approximate surface area is 138 Å². The fourth-order valence-electron chi connectivity index (χ4n) is 3.01. The van der Waals surface area contributed by atoms with Crippen molar-refractivity contribution >= 4 is 15.9 Å². The molecule has 120 valence electrons. The van der Waals surface area contributed by atoms with E-state index in [1.54, 1.807) is 6.07 Å². The summed E-state index contributed by atoms with van der Waals surface area (Å²) in [6.45, 7) is 8.54. The van der Waals surface area contributed by atoms with Crippen LogP contribution in [0, 0.1) is 5.41 Å². The summed E-state index contributed by atoms with van der Waals surface area (Å²) in [5.41, 5.74) is 2.71. The minimum absolute atomic E-state index is 0.0910. The highest BCUT2D eigenvalue weighted by Crippen LogP contribution is 2.42. The van der Waals surface area contributed by atoms with E-state index in [1.807, 2.05) is 0 Å². The molecule has 0 spiro atoms. The van der Waals surface area contributed by atoms with Crippen molar-refractivity contribution in [1.82, 2.24) is 0 Å². The Balaban J connectivity index is 2.24. The van der Waals surface area contributed by atoms with Crippen LogP contribution in [0.2, 0.25) is 0 Å². The second kappa shape index (κ2) is 6.23. The largest absolute Gasteiger partial charge is 0.416 e. The molecule has 0 nitrogen and oxygen atoms in total. The first-order valence-electron chi connectivity index (χ1n) is 7.36. The molecule has 1 fully saturated rings. The molecule has 0 atom stereocenters. The molecule has 0 radical (unpaired) electrons. The maximum atomic E-state index is 12.7. The second-order valence-corrected chi connectivity index (χ2v) is 7.32. The molecule has 2 rings (SSSR count). The SMILES string of the molecule is C=C1CCCC(C)(C)/C1=C/Cc1ccc(C(F)(F)F)cc1Br. The second-order valence-electron chi connectivity index (χ2n) is 6.47. The first kappa shape index (κ1) is 17.3. The molecule has 22 heavy (non-hydrogen) atoms. The van der Waals surface area contributed by atoms with Crippen molar-refractivity contribution in [2.45, 2.75) is 45.7 Å². The van der Waals surface area contributed by atoms with E-state index in [0.29, 0.717) is 10.9 Å². The van der Waals surface area contributed by atoms with E-state index in [-0.39, 0.29) is 5.41 Å². The molecule has 1 saturated carbocycles. The third-order valence-electron chi connectivity index (χ3n) is 4.30. The summed E-state index contributed by atoms with van der Waals surface area (Å²) < 4.78 is 38.6. The molecule has 0 amide bonds. The molecule has 1 aliphatic carbocycles. The molecule has 0 heterocycles. The predicted molar refractivity (Wildman–Crippen MR) is 87.7 cm³/mol. The quantitative estimate of drug-likeness (QED) is 0.541. The highest BCUT2D eigenvalue weighted by molar-refractivity contribution is 9.10. The Kier molecular flexibility index (Phi) is 4.90. The Morgan fingerprint density at radius 3 is 2.55 bits per heavy atom. The third-order valence-corrected chi connectivity index (χ3v) is 5.04. The van der Waals surface area contributed by atoms with Gasteiger partial charge < -0.3 is 0 Å². The molecular weight excluding hydrogens is 353 g/mol. The normalized spacial score (nSPS) is 20.5. The number of rotatable bonds is 2. The molecule has 0 bridgehead atoms. The summed E-state index contributed by atoms with van der Waals surface area (Å²) in [5, 5.41) is 0. The van der Waals surface area contributed by atoms with Crippen LogP contribution in [0.4, 0.5) is 13.2 Å². The van der Waals surface area contributed by atoms with Gasteiger partial charge in [-0.2, -0.15) is 13.2 Å². The monoisotopic (exact) mass is 372 g/mol. The van der Waals surface area contributed by atoms with Crippen LogP contribution in [-0.2, 0) is 12.6 Å². The van der Waals surface area contributed by atoms with E-state index in [0.717, 1.165) is 42.5 Å². The first-order chi connectivity index (χ1) is 10.1. The maximum Gasteiger partial charge on any atom is 0.416 e. The van der Waals surface area contributed by atoms with Gasteiger partial charge in [-0.05, 0) is 54.4 Å². The standard InChI is InChI=1S/C18H20BrF3/c1-12-5-4-10-17(2,3)15(12)9-7-13-6-8-14(11-16(13)19)18(20,21)22/h6,8-9,11H,1,4-5,7,10H2,2-3H3/b15-9+.